The Hall–Kier alpha value is -2.67. The van der Waals surface area contributed by atoms with Crippen LogP contribution in [0.25, 0.3) is 11.5 Å². The van der Waals surface area contributed by atoms with Crippen LogP contribution in [0.1, 0.15) is 54.5 Å². The van der Waals surface area contributed by atoms with E-state index in [2.05, 4.69) is 22.1 Å². The molecule has 0 unspecified atom stereocenters. The second kappa shape index (κ2) is 7.87. The van der Waals surface area contributed by atoms with E-state index in [0.29, 0.717) is 16.4 Å². The molecule has 1 aliphatic rings. The average molecular weight is 427 g/mol. The van der Waals surface area contributed by atoms with Crippen LogP contribution in [-0.4, -0.2) is 48.6 Å². The number of aromatic amines is 1. The van der Waals surface area contributed by atoms with E-state index >= 15 is 0 Å². The number of imidazole rings is 1. The molecule has 7 nitrogen and oxygen atoms in total. The molecule has 8 heteroatoms. The van der Waals surface area contributed by atoms with Crippen molar-refractivity contribution in [3.8, 4) is 11.5 Å². The molecule has 1 aromatic carbocycles. The van der Waals surface area contributed by atoms with Gasteiger partial charge in [0, 0.05) is 36.1 Å². The zero-order valence-corrected chi connectivity index (χ0v) is 18.6. The molecule has 1 N–H and O–H groups in total. The third-order valence-electron chi connectivity index (χ3n) is 6.28. The molecule has 0 aliphatic heterocycles. The van der Waals surface area contributed by atoms with Crippen molar-refractivity contribution < 1.29 is 4.79 Å². The van der Waals surface area contributed by atoms with E-state index in [1.165, 1.54) is 0 Å². The molecule has 1 amide bonds. The summed E-state index contributed by atoms with van der Waals surface area (Å²) in [6, 6.07) is 7.25. The van der Waals surface area contributed by atoms with E-state index in [0.717, 1.165) is 42.9 Å². The first-order chi connectivity index (χ1) is 14.3. The molecule has 1 aliphatic carbocycles. The van der Waals surface area contributed by atoms with Crippen molar-refractivity contribution in [1.29, 1.82) is 0 Å². The number of carbonyl (C=O) groups is 1. The molecule has 2 atom stereocenters. The van der Waals surface area contributed by atoms with Crippen molar-refractivity contribution in [1.82, 2.24) is 29.6 Å². The lowest BCUT2D eigenvalue weighted by Crippen LogP contribution is -2.44. The highest BCUT2D eigenvalue weighted by Gasteiger charge is 2.39. The summed E-state index contributed by atoms with van der Waals surface area (Å²) in [5.74, 6) is 1.52. The van der Waals surface area contributed by atoms with Gasteiger partial charge in [0.2, 0.25) is 0 Å². The molecule has 2 heterocycles. The molecule has 1 fully saturated rings. The number of aromatic nitrogens is 5. The maximum absolute atomic E-state index is 13.0. The van der Waals surface area contributed by atoms with Crippen molar-refractivity contribution in [3.05, 3.63) is 52.7 Å². The minimum absolute atomic E-state index is 0.00415. The minimum Gasteiger partial charge on any atom is -0.339 e. The van der Waals surface area contributed by atoms with Gasteiger partial charge in [-0.3, -0.25) is 9.89 Å². The van der Waals surface area contributed by atoms with Crippen LogP contribution >= 0.6 is 11.6 Å². The molecule has 3 aromatic rings. The van der Waals surface area contributed by atoms with Gasteiger partial charge in [0.15, 0.2) is 5.82 Å². The second-order valence-corrected chi connectivity index (χ2v) is 8.97. The van der Waals surface area contributed by atoms with Gasteiger partial charge in [-0.2, -0.15) is 5.10 Å². The Labute approximate surface area is 181 Å². The Morgan fingerprint density at radius 3 is 2.90 bits per heavy atom. The van der Waals surface area contributed by atoms with Crippen molar-refractivity contribution in [2.45, 2.75) is 51.0 Å². The average Bonchev–Trinajstić information content (AvgIpc) is 3.33. The van der Waals surface area contributed by atoms with Crippen LogP contribution in [-0.2, 0) is 12.5 Å². The number of carbonyl (C=O) groups excluding carboxylic acids is 1. The SMILES string of the molecule is Cc1ncn(C)c1-c1n[nH]c([C@]2(C)CCC[C@@H](N(C)C(=O)c3cccc(Cl)c3)C2)n1. The van der Waals surface area contributed by atoms with Crippen molar-refractivity contribution in [3.63, 3.8) is 0 Å². The Morgan fingerprint density at radius 2 is 2.20 bits per heavy atom. The number of amides is 1. The fourth-order valence-corrected chi connectivity index (χ4v) is 4.68. The van der Waals surface area contributed by atoms with E-state index in [9.17, 15) is 4.79 Å². The molecule has 0 radical (unpaired) electrons. The maximum atomic E-state index is 13.0. The topological polar surface area (TPSA) is 79.7 Å². The van der Waals surface area contributed by atoms with Gasteiger partial charge in [0.1, 0.15) is 11.5 Å². The van der Waals surface area contributed by atoms with E-state index < -0.39 is 0 Å². The van der Waals surface area contributed by atoms with Gasteiger partial charge in [0.05, 0.1) is 12.0 Å². The summed E-state index contributed by atoms with van der Waals surface area (Å²) in [4.78, 5) is 24.0. The summed E-state index contributed by atoms with van der Waals surface area (Å²) in [5.41, 5.74) is 2.26. The summed E-state index contributed by atoms with van der Waals surface area (Å²) in [6.45, 7) is 4.16. The highest BCUT2D eigenvalue weighted by atomic mass is 35.5. The summed E-state index contributed by atoms with van der Waals surface area (Å²) < 4.78 is 1.94. The van der Waals surface area contributed by atoms with E-state index in [4.69, 9.17) is 16.6 Å². The predicted molar refractivity (Wildman–Crippen MR) is 116 cm³/mol. The van der Waals surface area contributed by atoms with Gasteiger partial charge in [-0.25, -0.2) is 9.97 Å². The number of H-pyrrole nitrogens is 1. The summed E-state index contributed by atoms with van der Waals surface area (Å²) in [5, 5.41) is 8.21. The summed E-state index contributed by atoms with van der Waals surface area (Å²) >= 11 is 6.08. The van der Waals surface area contributed by atoms with Crippen molar-refractivity contribution in [2.75, 3.05) is 7.05 Å². The first-order valence-electron chi connectivity index (χ1n) is 10.2. The molecule has 4 rings (SSSR count). The predicted octanol–water partition coefficient (Wildman–Crippen LogP) is 4.14. The first kappa shape index (κ1) is 20.6. The third-order valence-corrected chi connectivity index (χ3v) is 6.52. The van der Waals surface area contributed by atoms with Gasteiger partial charge in [-0.15, -0.1) is 0 Å². The fourth-order valence-electron chi connectivity index (χ4n) is 4.49. The number of nitrogens with zero attached hydrogens (tertiary/aromatic N) is 5. The number of benzene rings is 1. The third kappa shape index (κ3) is 3.74. The molecular formula is C22H27ClN6O. The number of nitrogens with one attached hydrogen (secondary N) is 1. The lowest BCUT2D eigenvalue weighted by molar-refractivity contribution is 0.0648. The van der Waals surface area contributed by atoms with Gasteiger partial charge in [-0.1, -0.05) is 31.0 Å². The first-order valence-corrected chi connectivity index (χ1v) is 10.6. The Bertz CT molecular complexity index is 1050. The number of hydrogen-bond donors (Lipinski definition) is 1. The standard InChI is InChI=1S/C22H27ClN6O/c1-14-18(28(3)13-24-14)19-25-21(27-26-19)22(2)10-6-9-17(12-22)29(4)20(30)15-7-5-8-16(23)11-15/h5,7-8,11,13,17H,6,9-10,12H2,1-4H3,(H,25,26,27)/t17-,22-/m1/s1. The molecular weight excluding hydrogens is 400 g/mol. The number of rotatable bonds is 4. The Morgan fingerprint density at radius 1 is 1.40 bits per heavy atom. The van der Waals surface area contributed by atoms with Gasteiger partial charge >= 0.3 is 0 Å². The largest absolute Gasteiger partial charge is 0.339 e. The number of hydrogen-bond acceptors (Lipinski definition) is 4. The molecule has 0 bridgehead atoms. The molecule has 1 saturated carbocycles. The molecule has 0 spiro atoms. The van der Waals surface area contributed by atoms with Gasteiger partial charge in [0.25, 0.3) is 5.91 Å². The van der Waals surface area contributed by atoms with Crippen molar-refractivity contribution in [2.24, 2.45) is 7.05 Å². The Kier molecular flexibility index (Phi) is 5.40. The zero-order valence-electron chi connectivity index (χ0n) is 17.8. The highest BCUT2D eigenvalue weighted by Crippen LogP contribution is 2.39. The van der Waals surface area contributed by atoms with Crippen LogP contribution < -0.4 is 0 Å². The number of aryl methyl sites for hydroxylation is 2. The maximum Gasteiger partial charge on any atom is 0.253 e. The smallest absolute Gasteiger partial charge is 0.253 e. The molecule has 2 aromatic heterocycles. The van der Waals surface area contributed by atoms with Crippen LogP contribution in [0.5, 0.6) is 0 Å². The van der Waals surface area contributed by atoms with Crippen LogP contribution in [0.15, 0.2) is 30.6 Å². The van der Waals surface area contributed by atoms with Gasteiger partial charge in [-0.05, 0) is 44.4 Å². The van der Waals surface area contributed by atoms with Crippen LogP contribution in [0.4, 0.5) is 0 Å². The van der Waals surface area contributed by atoms with Crippen molar-refractivity contribution >= 4 is 17.5 Å². The minimum atomic E-state index is -0.177. The molecule has 30 heavy (non-hydrogen) atoms. The lowest BCUT2D eigenvalue weighted by atomic mass is 9.72. The monoisotopic (exact) mass is 426 g/mol. The zero-order chi connectivity index (χ0) is 21.5. The normalized spacial score (nSPS) is 21.6. The molecule has 0 saturated heterocycles. The Balaban J connectivity index is 1.55. The second-order valence-electron chi connectivity index (χ2n) is 8.53. The quantitative estimate of drug-likeness (QED) is 0.679. The van der Waals surface area contributed by atoms with E-state index in [1.54, 1.807) is 18.5 Å². The summed E-state index contributed by atoms with van der Waals surface area (Å²) in [7, 11) is 3.82. The lowest BCUT2D eigenvalue weighted by Gasteiger charge is -2.40. The van der Waals surface area contributed by atoms with E-state index in [-0.39, 0.29) is 17.4 Å². The molecule has 158 valence electrons. The van der Waals surface area contributed by atoms with Crippen LogP contribution in [0, 0.1) is 6.92 Å². The van der Waals surface area contributed by atoms with Gasteiger partial charge < -0.3 is 9.47 Å². The van der Waals surface area contributed by atoms with E-state index in [1.807, 2.05) is 42.6 Å². The highest BCUT2D eigenvalue weighted by molar-refractivity contribution is 6.30. The summed E-state index contributed by atoms with van der Waals surface area (Å²) in [6.07, 6.45) is 5.60. The van der Waals surface area contributed by atoms with Crippen LogP contribution in [0.3, 0.4) is 0 Å². The fraction of sp³-hybridized carbons (Fsp3) is 0.455. The van der Waals surface area contributed by atoms with Crippen LogP contribution in [0.2, 0.25) is 5.02 Å². The number of halogens is 1.